The first-order valence-electron chi connectivity index (χ1n) is 17.1. The maximum absolute atomic E-state index is 13.0. The Balaban J connectivity index is 5.06. The predicted octanol–water partition coefficient (Wildman–Crippen LogP) is 4.21. The molecule has 6 atom stereocenters. The number of amides is 3. The van der Waals surface area contributed by atoms with Crippen LogP contribution in [0, 0.1) is 23.7 Å². The molecule has 0 aromatic rings. The Morgan fingerprint density at radius 3 is 1.40 bits per heavy atom. The summed E-state index contributed by atoms with van der Waals surface area (Å²) in [6, 6.07) is -1.48. The number of carboxylic acid groups (broad SMARTS) is 1. The fourth-order valence-electron chi connectivity index (χ4n) is 5.23. The van der Waals surface area contributed by atoms with Crippen molar-refractivity contribution in [2.24, 2.45) is 29.4 Å². The van der Waals surface area contributed by atoms with Crippen molar-refractivity contribution in [3.8, 4) is 0 Å². The van der Waals surface area contributed by atoms with Crippen molar-refractivity contribution in [1.82, 2.24) is 26.6 Å². The van der Waals surface area contributed by atoms with Crippen LogP contribution < -0.4 is 32.3 Å². The molecule has 0 rings (SSSR count). The van der Waals surface area contributed by atoms with E-state index in [9.17, 15) is 19.2 Å². The molecule has 0 fully saturated rings. The minimum atomic E-state index is -0.966. The van der Waals surface area contributed by atoms with Crippen LogP contribution in [-0.4, -0.2) is 75.0 Å². The number of nitrogens with one attached hydrogen (secondary N) is 5. The normalized spacial score (nSPS) is 15.4. The van der Waals surface area contributed by atoms with Gasteiger partial charge in [0.05, 0.1) is 16.4 Å². The molecule has 0 aliphatic rings. The van der Waals surface area contributed by atoms with Crippen molar-refractivity contribution in [2.45, 2.75) is 157 Å². The zero-order valence-electron chi connectivity index (χ0n) is 30.4. The quantitative estimate of drug-likeness (QED) is 0.0766. The Morgan fingerprint density at radius 1 is 0.553 bits per heavy atom. The molecule has 0 aliphatic heterocycles. The highest BCUT2D eigenvalue weighted by atomic mass is 32.1. The topological polar surface area (TPSA) is 175 Å². The summed E-state index contributed by atoms with van der Waals surface area (Å²) >= 11 is 11.1. The zero-order valence-corrected chi connectivity index (χ0v) is 32.0. The van der Waals surface area contributed by atoms with Gasteiger partial charge in [-0.1, -0.05) is 79.8 Å². The van der Waals surface area contributed by atoms with Gasteiger partial charge in [0.1, 0.15) is 0 Å². The molecule has 13 heteroatoms. The molecule has 0 aliphatic carbocycles. The molecule has 47 heavy (non-hydrogen) atoms. The molecule has 11 nitrogen and oxygen atoms in total. The summed E-state index contributed by atoms with van der Waals surface area (Å²) in [5.74, 6) is -0.612. The number of carbonyl (C=O) groups excluding carboxylic acids is 3. The molecule has 0 aromatic carbocycles. The number of hydrogen-bond donors (Lipinski definition) is 7. The van der Waals surface area contributed by atoms with E-state index in [1.165, 1.54) is 0 Å². The van der Waals surface area contributed by atoms with Crippen LogP contribution in [0.4, 0.5) is 0 Å². The number of aliphatic carboxylic acids is 1. The third-order valence-electron chi connectivity index (χ3n) is 7.73. The lowest BCUT2D eigenvalue weighted by molar-refractivity contribution is -0.138. The van der Waals surface area contributed by atoms with Gasteiger partial charge < -0.3 is 37.4 Å². The number of nitrogens with two attached hydrogens (primary N) is 1. The van der Waals surface area contributed by atoms with Gasteiger partial charge in [-0.3, -0.25) is 19.2 Å². The van der Waals surface area contributed by atoms with Crippen LogP contribution in [0.3, 0.4) is 0 Å². The fourth-order valence-corrected chi connectivity index (χ4v) is 5.97. The minimum Gasteiger partial charge on any atom is -0.481 e. The number of carboxylic acids is 1. The van der Waals surface area contributed by atoms with E-state index in [0.29, 0.717) is 41.1 Å². The lowest BCUT2D eigenvalue weighted by Crippen LogP contribution is -2.47. The Kier molecular flexibility index (Phi) is 21.9. The van der Waals surface area contributed by atoms with Gasteiger partial charge in [-0.05, 0) is 50.4 Å². The highest BCUT2D eigenvalue weighted by Gasteiger charge is 2.24. The van der Waals surface area contributed by atoms with E-state index in [1.807, 2.05) is 34.6 Å². The van der Waals surface area contributed by atoms with Gasteiger partial charge in [0, 0.05) is 68.4 Å². The van der Waals surface area contributed by atoms with Crippen molar-refractivity contribution in [3.05, 3.63) is 0 Å². The summed E-state index contributed by atoms with van der Waals surface area (Å²) < 4.78 is 0. The molecule has 0 aromatic heterocycles. The average Bonchev–Trinajstić information content (AvgIpc) is 2.85. The summed E-state index contributed by atoms with van der Waals surface area (Å²) in [4.78, 5) is 50.9. The summed E-state index contributed by atoms with van der Waals surface area (Å²) in [6.07, 6.45) is 2.63. The second kappa shape index (κ2) is 23.1. The van der Waals surface area contributed by atoms with Gasteiger partial charge in [0.25, 0.3) is 0 Å². The molecule has 0 spiro atoms. The van der Waals surface area contributed by atoms with E-state index in [2.05, 4.69) is 54.3 Å². The van der Waals surface area contributed by atoms with Crippen LogP contribution in [0.25, 0.3) is 0 Å². The first-order chi connectivity index (χ1) is 21.7. The van der Waals surface area contributed by atoms with Crippen LogP contribution in [0.2, 0.25) is 0 Å². The van der Waals surface area contributed by atoms with Crippen LogP contribution >= 0.6 is 24.4 Å². The van der Waals surface area contributed by atoms with E-state index in [1.54, 1.807) is 6.92 Å². The molecule has 272 valence electrons. The van der Waals surface area contributed by atoms with Crippen molar-refractivity contribution < 1.29 is 24.3 Å². The van der Waals surface area contributed by atoms with Crippen molar-refractivity contribution in [2.75, 3.05) is 0 Å². The molecular weight excluding hydrogens is 637 g/mol. The van der Waals surface area contributed by atoms with Crippen LogP contribution in [0.5, 0.6) is 0 Å². The highest BCUT2D eigenvalue weighted by Crippen LogP contribution is 2.13. The van der Waals surface area contributed by atoms with E-state index in [0.717, 1.165) is 6.42 Å². The molecular formula is C34H64N6O5S2. The Labute approximate surface area is 294 Å². The van der Waals surface area contributed by atoms with E-state index in [4.69, 9.17) is 35.3 Å². The largest absolute Gasteiger partial charge is 0.481 e. The van der Waals surface area contributed by atoms with Gasteiger partial charge in [0.2, 0.25) is 17.7 Å². The lowest BCUT2D eigenvalue weighted by atomic mass is 9.98. The molecule has 0 heterocycles. The number of hydrogen-bond acceptors (Lipinski definition) is 7. The number of carbonyl (C=O) groups is 4. The second-order valence-corrected chi connectivity index (χ2v) is 15.7. The molecule has 0 radical (unpaired) electrons. The molecule has 0 saturated carbocycles. The summed E-state index contributed by atoms with van der Waals surface area (Å²) in [7, 11) is 0. The number of rotatable bonds is 23. The lowest BCUT2D eigenvalue weighted by Gasteiger charge is -2.27. The first-order valence-corrected chi connectivity index (χ1v) is 17.9. The monoisotopic (exact) mass is 700 g/mol. The Bertz CT molecular complexity index is 1020. The zero-order chi connectivity index (χ0) is 36.4. The summed E-state index contributed by atoms with van der Waals surface area (Å²) in [5.41, 5.74) is 6.13. The molecule has 0 bridgehead atoms. The standard InChI is InChI=1S/C34H64N6O5S2/c1-19(2)11-25(38-30(42)14-24(10)37-33(47)17-27(35)21(5)6)15-32(46)40-28(22(7)8)18-31(43)36-23(9)13-29(41)39-26(12-20(3)4)16-34(44)45/h19-28H,11-18,35H2,1-10H3,(H,36,43)(H,37,47)(H,38,42)(H,39,41)(H,40,46)(H,44,45)/t23-,24-,25-,26-,27+,28+/m0/s1. The van der Waals surface area contributed by atoms with Crippen molar-refractivity contribution >= 4 is 58.1 Å². The maximum atomic E-state index is 13.0. The average molecular weight is 701 g/mol. The van der Waals surface area contributed by atoms with Crippen LogP contribution in [-0.2, 0) is 19.2 Å². The number of thiocarbonyl (C=S) groups is 2. The minimum absolute atomic E-state index is 0.0324. The van der Waals surface area contributed by atoms with E-state index >= 15 is 0 Å². The second-order valence-electron chi connectivity index (χ2n) is 14.7. The molecule has 3 amide bonds. The highest BCUT2D eigenvalue weighted by molar-refractivity contribution is 7.80. The summed E-state index contributed by atoms with van der Waals surface area (Å²) in [5, 5.41) is 24.6. The fraction of sp³-hybridized carbons (Fsp3) is 0.824. The SMILES string of the molecule is CC(C)C[C@@H](CC(=O)O)NC(=O)C[C@H](C)NC(=O)C[C@@H](NC(=S)C[C@H](CC(C)C)NC(=O)C[C@H](C)NC(=S)C[C@@H](N)C(C)C)C(C)C. The van der Waals surface area contributed by atoms with Gasteiger partial charge in [-0.25, -0.2) is 0 Å². The van der Waals surface area contributed by atoms with Crippen LogP contribution in [0.15, 0.2) is 0 Å². The van der Waals surface area contributed by atoms with Gasteiger partial charge in [-0.2, -0.15) is 0 Å². The third kappa shape index (κ3) is 22.8. The first kappa shape index (κ1) is 44.6. The molecule has 0 saturated heterocycles. The Hall–Kier alpha value is -2.38. The van der Waals surface area contributed by atoms with Gasteiger partial charge in [-0.15, -0.1) is 0 Å². The maximum Gasteiger partial charge on any atom is 0.305 e. The molecule has 8 N–H and O–H groups in total. The van der Waals surface area contributed by atoms with Crippen molar-refractivity contribution in [3.63, 3.8) is 0 Å². The van der Waals surface area contributed by atoms with Gasteiger partial charge in [0.15, 0.2) is 0 Å². The van der Waals surface area contributed by atoms with Crippen molar-refractivity contribution in [1.29, 1.82) is 0 Å². The van der Waals surface area contributed by atoms with Crippen LogP contribution in [0.1, 0.15) is 121 Å². The predicted molar refractivity (Wildman–Crippen MR) is 198 cm³/mol. The summed E-state index contributed by atoms with van der Waals surface area (Å²) in [6.45, 7) is 19.9. The smallest absolute Gasteiger partial charge is 0.305 e. The van der Waals surface area contributed by atoms with E-state index < -0.39 is 18.1 Å². The molecule has 0 unspecified atom stereocenters. The van der Waals surface area contributed by atoms with E-state index in [-0.39, 0.29) is 79.4 Å². The van der Waals surface area contributed by atoms with Gasteiger partial charge >= 0.3 is 5.97 Å². The Morgan fingerprint density at radius 2 is 0.979 bits per heavy atom. The third-order valence-corrected chi connectivity index (χ3v) is 8.30.